The van der Waals surface area contributed by atoms with Gasteiger partial charge in [0.1, 0.15) is 0 Å². The van der Waals surface area contributed by atoms with E-state index < -0.39 is 0 Å². The van der Waals surface area contributed by atoms with E-state index in [9.17, 15) is 5.11 Å². The first kappa shape index (κ1) is 9.51. The lowest BCUT2D eigenvalue weighted by atomic mass is 10.2. The van der Waals surface area contributed by atoms with Crippen LogP contribution < -0.4 is 16.0 Å². The zero-order valence-electron chi connectivity index (χ0n) is 8.10. The summed E-state index contributed by atoms with van der Waals surface area (Å²) in [5.41, 5.74) is 2.36. The third-order valence-electron chi connectivity index (χ3n) is 1.94. The van der Waals surface area contributed by atoms with Crippen LogP contribution >= 0.6 is 0 Å². The van der Waals surface area contributed by atoms with Crippen LogP contribution in [0, 0.1) is 0 Å². The van der Waals surface area contributed by atoms with Gasteiger partial charge in [-0.1, -0.05) is 0 Å². The van der Waals surface area contributed by atoms with E-state index in [1.165, 1.54) is 0 Å². The molecule has 1 aromatic carbocycles. The summed E-state index contributed by atoms with van der Waals surface area (Å²) in [5, 5.41) is 18.5. The minimum Gasteiger partial charge on any atom is -0.504 e. The van der Waals surface area contributed by atoms with Gasteiger partial charge in [0.25, 0.3) is 0 Å². The smallest absolute Gasteiger partial charge is 0.162 e. The monoisotopic (exact) mass is 181 g/mol. The maximum Gasteiger partial charge on any atom is 0.162 e. The number of phenols is 1. The highest BCUT2D eigenvalue weighted by molar-refractivity contribution is 5.76. The van der Waals surface area contributed by atoms with Crippen molar-refractivity contribution in [2.75, 3.05) is 37.1 Å². The molecule has 0 fully saturated rings. The van der Waals surface area contributed by atoms with Crippen LogP contribution in [0.3, 0.4) is 0 Å². The number of hydrogen-bond acceptors (Lipinski definition) is 4. The van der Waals surface area contributed by atoms with Gasteiger partial charge in [-0.05, 0) is 12.1 Å². The van der Waals surface area contributed by atoms with E-state index in [0.29, 0.717) is 11.4 Å². The minimum atomic E-state index is 0.240. The third kappa shape index (κ3) is 1.77. The molecule has 4 N–H and O–H groups in total. The van der Waals surface area contributed by atoms with Crippen molar-refractivity contribution in [2.24, 2.45) is 0 Å². The van der Waals surface area contributed by atoms with Crippen LogP contribution in [-0.2, 0) is 0 Å². The lowest BCUT2D eigenvalue weighted by Crippen LogP contribution is -1.97. The molecule has 4 heteroatoms. The summed E-state index contributed by atoms with van der Waals surface area (Å²) < 4.78 is 0. The number of anilines is 3. The zero-order valence-corrected chi connectivity index (χ0v) is 8.10. The van der Waals surface area contributed by atoms with Crippen molar-refractivity contribution in [2.45, 2.75) is 0 Å². The molecule has 0 bridgehead atoms. The average molecular weight is 181 g/mol. The Morgan fingerprint density at radius 3 is 1.69 bits per heavy atom. The van der Waals surface area contributed by atoms with Crippen LogP contribution in [0.4, 0.5) is 17.1 Å². The number of aromatic hydroxyl groups is 1. The van der Waals surface area contributed by atoms with Crippen molar-refractivity contribution in [3.05, 3.63) is 12.1 Å². The van der Waals surface area contributed by atoms with Crippen molar-refractivity contribution in [3.8, 4) is 5.75 Å². The van der Waals surface area contributed by atoms with Crippen LogP contribution in [0.25, 0.3) is 0 Å². The molecule has 0 saturated carbocycles. The molecule has 72 valence electrons. The zero-order chi connectivity index (χ0) is 9.84. The normalized spacial score (nSPS) is 9.46. The number of phenolic OH excluding ortho intramolecular Hbond substituents is 1. The summed E-state index contributed by atoms with van der Waals surface area (Å²) >= 11 is 0. The van der Waals surface area contributed by atoms with Crippen LogP contribution in [-0.4, -0.2) is 26.2 Å². The quantitative estimate of drug-likeness (QED) is 0.422. The molecule has 13 heavy (non-hydrogen) atoms. The van der Waals surface area contributed by atoms with E-state index in [1.54, 1.807) is 14.1 Å². The van der Waals surface area contributed by atoms with E-state index in [-0.39, 0.29) is 5.75 Å². The summed E-state index contributed by atoms with van der Waals surface area (Å²) in [5.74, 6) is 0.240. The Morgan fingerprint density at radius 2 is 1.38 bits per heavy atom. The molecule has 4 nitrogen and oxygen atoms in total. The highest BCUT2D eigenvalue weighted by Gasteiger charge is 2.06. The van der Waals surface area contributed by atoms with Gasteiger partial charge in [0.05, 0.1) is 11.4 Å². The second kappa shape index (κ2) is 3.89. The van der Waals surface area contributed by atoms with Crippen LogP contribution in [0.2, 0.25) is 0 Å². The van der Waals surface area contributed by atoms with Gasteiger partial charge in [0, 0.05) is 26.8 Å². The third-order valence-corrected chi connectivity index (χ3v) is 1.94. The van der Waals surface area contributed by atoms with Gasteiger partial charge >= 0.3 is 0 Å². The Labute approximate surface area is 78.0 Å². The number of nitrogens with one attached hydrogen (secondary N) is 3. The minimum absolute atomic E-state index is 0.240. The highest BCUT2D eigenvalue weighted by Crippen LogP contribution is 2.34. The van der Waals surface area contributed by atoms with E-state index in [2.05, 4.69) is 16.0 Å². The highest BCUT2D eigenvalue weighted by atomic mass is 16.3. The second-order valence-electron chi connectivity index (χ2n) is 2.67. The summed E-state index contributed by atoms with van der Waals surface area (Å²) in [6.45, 7) is 0. The lowest BCUT2D eigenvalue weighted by molar-refractivity contribution is 0.480. The van der Waals surface area contributed by atoms with Crippen molar-refractivity contribution in [1.82, 2.24) is 0 Å². The summed E-state index contributed by atoms with van der Waals surface area (Å²) in [4.78, 5) is 0. The molecule has 0 saturated heterocycles. The number of hydrogen-bond donors (Lipinski definition) is 4. The topological polar surface area (TPSA) is 56.3 Å². The molecule has 1 aromatic rings. The molecule has 0 radical (unpaired) electrons. The number of benzene rings is 1. The van der Waals surface area contributed by atoms with Gasteiger partial charge in [0.2, 0.25) is 0 Å². The van der Waals surface area contributed by atoms with E-state index in [0.717, 1.165) is 5.69 Å². The predicted octanol–water partition coefficient (Wildman–Crippen LogP) is 1.52. The van der Waals surface area contributed by atoms with Gasteiger partial charge in [-0.25, -0.2) is 0 Å². The van der Waals surface area contributed by atoms with Crippen molar-refractivity contribution < 1.29 is 5.11 Å². The molecule has 0 spiro atoms. The molecule has 0 atom stereocenters. The molecule has 1 rings (SSSR count). The first-order valence-electron chi connectivity index (χ1n) is 4.13. The van der Waals surface area contributed by atoms with E-state index in [4.69, 9.17) is 0 Å². The van der Waals surface area contributed by atoms with Gasteiger partial charge in [0.15, 0.2) is 5.75 Å². The van der Waals surface area contributed by atoms with Crippen LogP contribution in [0.1, 0.15) is 0 Å². The molecule has 0 aromatic heterocycles. The fourth-order valence-electron chi connectivity index (χ4n) is 1.16. The fraction of sp³-hybridized carbons (Fsp3) is 0.333. The Bertz CT molecular complexity index is 274. The first-order chi connectivity index (χ1) is 6.22. The molecule has 0 unspecified atom stereocenters. The van der Waals surface area contributed by atoms with E-state index >= 15 is 0 Å². The summed E-state index contributed by atoms with van der Waals surface area (Å²) in [6.07, 6.45) is 0. The van der Waals surface area contributed by atoms with E-state index in [1.807, 2.05) is 19.2 Å². The Kier molecular flexibility index (Phi) is 2.84. The van der Waals surface area contributed by atoms with Gasteiger partial charge in [-0.15, -0.1) is 0 Å². The summed E-state index contributed by atoms with van der Waals surface area (Å²) in [6, 6.07) is 3.69. The Hall–Kier alpha value is -1.58. The molecular weight excluding hydrogens is 166 g/mol. The predicted molar refractivity (Wildman–Crippen MR) is 56.7 cm³/mol. The molecule has 0 heterocycles. The van der Waals surface area contributed by atoms with Gasteiger partial charge in [-0.3, -0.25) is 0 Å². The van der Waals surface area contributed by atoms with Crippen LogP contribution in [0.15, 0.2) is 12.1 Å². The Balaban J connectivity index is 3.20. The molecular formula is C9H15N3O. The van der Waals surface area contributed by atoms with Crippen molar-refractivity contribution in [3.63, 3.8) is 0 Å². The summed E-state index contributed by atoms with van der Waals surface area (Å²) in [7, 11) is 5.38. The fourth-order valence-corrected chi connectivity index (χ4v) is 1.16. The maximum atomic E-state index is 9.66. The molecule has 0 amide bonds. The second-order valence-corrected chi connectivity index (χ2v) is 2.67. The van der Waals surface area contributed by atoms with Crippen molar-refractivity contribution in [1.29, 1.82) is 0 Å². The molecule has 0 aliphatic carbocycles. The average Bonchev–Trinajstić information content (AvgIpc) is 2.18. The largest absolute Gasteiger partial charge is 0.504 e. The van der Waals surface area contributed by atoms with Crippen LogP contribution in [0.5, 0.6) is 5.75 Å². The first-order valence-corrected chi connectivity index (χ1v) is 4.13. The Morgan fingerprint density at radius 1 is 0.923 bits per heavy atom. The SMILES string of the molecule is CNc1cc(NC)c(O)c(NC)c1. The maximum absolute atomic E-state index is 9.66. The van der Waals surface area contributed by atoms with Gasteiger partial charge < -0.3 is 21.1 Å². The lowest BCUT2D eigenvalue weighted by Gasteiger charge is -2.11. The number of rotatable bonds is 3. The molecule has 0 aliphatic heterocycles. The van der Waals surface area contributed by atoms with Gasteiger partial charge in [-0.2, -0.15) is 0 Å². The molecule has 0 aliphatic rings. The van der Waals surface area contributed by atoms with Crippen molar-refractivity contribution >= 4 is 17.1 Å². The standard InChI is InChI=1S/C9H15N3O/c1-10-6-4-7(11-2)9(13)8(5-6)12-3/h4-5,10-13H,1-3H3.